The molecule has 1 aliphatic rings. The fourth-order valence-corrected chi connectivity index (χ4v) is 5.09. The number of fused-ring (bicyclic) bond motifs is 1. The third-order valence-electron chi connectivity index (χ3n) is 5.89. The van der Waals surface area contributed by atoms with Crippen LogP contribution in [0, 0.1) is 0 Å². The summed E-state index contributed by atoms with van der Waals surface area (Å²) in [5.41, 5.74) is 1.63. The zero-order valence-electron chi connectivity index (χ0n) is 17.5. The maximum atomic E-state index is 13.4. The smallest absolute Gasteiger partial charge is 0.262 e. The standard InChI is InChI=1S/C24H27N3O2S/c1-17-10-8-9-15-26(17)22(28)16-30-24-25-21-14-7-6-13-20(21)23(29)27(24)18(2)19-11-4-3-5-12-19/h3-7,11-14,17-18H,8-10,15-16H2,1-2H3. The molecule has 2 atom stereocenters. The molecule has 0 N–H and O–H groups in total. The Balaban J connectivity index is 1.69. The Labute approximate surface area is 181 Å². The van der Waals surface area contributed by atoms with Gasteiger partial charge in [-0.2, -0.15) is 0 Å². The lowest BCUT2D eigenvalue weighted by Gasteiger charge is -2.33. The fourth-order valence-electron chi connectivity index (χ4n) is 4.13. The number of piperidine rings is 1. The number of amides is 1. The van der Waals surface area contributed by atoms with Crippen LogP contribution in [0.2, 0.25) is 0 Å². The molecule has 0 spiro atoms. The van der Waals surface area contributed by atoms with Gasteiger partial charge in [0.2, 0.25) is 5.91 Å². The van der Waals surface area contributed by atoms with Crippen LogP contribution in [0.3, 0.4) is 0 Å². The molecular formula is C24H27N3O2S. The van der Waals surface area contributed by atoms with E-state index in [0.717, 1.165) is 24.9 Å². The van der Waals surface area contributed by atoms with Crippen molar-refractivity contribution in [3.63, 3.8) is 0 Å². The number of rotatable bonds is 5. The Bertz CT molecular complexity index is 1100. The first-order valence-corrected chi connectivity index (χ1v) is 11.5. The Hall–Kier alpha value is -2.60. The maximum Gasteiger partial charge on any atom is 0.262 e. The van der Waals surface area contributed by atoms with Crippen LogP contribution in [0.15, 0.2) is 64.5 Å². The first kappa shape index (κ1) is 20.7. The van der Waals surface area contributed by atoms with Gasteiger partial charge < -0.3 is 4.90 Å². The highest BCUT2D eigenvalue weighted by Gasteiger charge is 2.24. The lowest BCUT2D eigenvalue weighted by molar-refractivity contribution is -0.131. The van der Waals surface area contributed by atoms with Crippen LogP contribution >= 0.6 is 11.8 Å². The number of nitrogens with zero attached hydrogens (tertiary/aromatic N) is 3. The van der Waals surface area contributed by atoms with E-state index in [9.17, 15) is 9.59 Å². The number of carbonyl (C=O) groups excluding carboxylic acids is 1. The first-order valence-electron chi connectivity index (χ1n) is 10.5. The van der Waals surface area contributed by atoms with E-state index in [1.54, 1.807) is 4.57 Å². The topological polar surface area (TPSA) is 55.2 Å². The van der Waals surface area contributed by atoms with Crippen molar-refractivity contribution in [3.8, 4) is 0 Å². The van der Waals surface area contributed by atoms with Gasteiger partial charge in [-0.15, -0.1) is 0 Å². The van der Waals surface area contributed by atoms with E-state index < -0.39 is 0 Å². The molecule has 2 heterocycles. The van der Waals surface area contributed by atoms with Gasteiger partial charge in [-0.05, 0) is 50.8 Å². The highest BCUT2D eigenvalue weighted by Crippen LogP contribution is 2.26. The van der Waals surface area contributed by atoms with Crippen LogP contribution < -0.4 is 5.56 Å². The number of thioether (sulfide) groups is 1. The van der Waals surface area contributed by atoms with E-state index in [4.69, 9.17) is 4.98 Å². The zero-order valence-corrected chi connectivity index (χ0v) is 18.3. The number of carbonyl (C=O) groups is 1. The number of para-hydroxylation sites is 1. The minimum atomic E-state index is -0.178. The van der Waals surface area contributed by atoms with Crippen molar-refractivity contribution in [1.29, 1.82) is 0 Å². The molecule has 2 aromatic carbocycles. The lowest BCUT2D eigenvalue weighted by Crippen LogP contribution is -2.43. The second kappa shape index (κ2) is 9.04. The van der Waals surface area contributed by atoms with Crippen LogP contribution in [0.25, 0.3) is 10.9 Å². The third-order valence-corrected chi connectivity index (χ3v) is 6.83. The normalized spacial score (nSPS) is 17.8. The second-order valence-corrected chi connectivity index (χ2v) is 8.84. The van der Waals surface area contributed by atoms with Gasteiger partial charge in [0, 0.05) is 12.6 Å². The van der Waals surface area contributed by atoms with Crippen LogP contribution in [0.5, 0.6) is 0 Å². The zero-order chi connectivity index (χ0) is 21.1. The molecule has 1 fully saturated rings. The Morgan fingerprint density at radius 3 is 2.63 bits per heavy atom. The number of benzene rings is 2. The molecule has 0 saturated carbocycles. The van der Waals surface area contributed by atoms with Crippen LogP contribution in [0.1, 0.15) is 44.7 Å². The average Bonchev–Trinajstić information content (AvgIpc) is 2.78. The van der Waals surface area contributed by atoms with Gasteiger partial charge in [-0.3, -0.25) is 14.2 Å². The molecule has 1 amide bonds. The van der Waals surface area contributed by atoms with E-state index in [1.807, 2.05) is 66.4 Å². The van der Waals surface area contributed by atoms with Crippen molar-refractivity contribution < 1.29 is 4.79 Å². The summed E-state index contributed by atoms with van der Waals surface area (Å²) in [4.78, 5) is 33.0. The summed E-state index contributed by atoms with van der Waals surface area (Å²) < 4.78 is 1.73. The molecule has 1 saturated heterocycles. The maximum absolute atomic E-state index is 13.4. The summed E-state index contributed by atoms with van der Waals surface area (Å²) >= 11 is 1.36. The molecule has 5 nitrogen and oxygen atoms in total. The van der Waals surface area contributed by atoms with E-state index in [1.165, 1.54) is 18.2 Å². The van der Waals surface area contributed by atoms with E-state index in [2.05, 4.69) is 6.92 Å². The monoisotopic (exact) mass is 421 g/mol. The first-order chi connectivity index (χ1) is 14.6. The third kappa shape index (κ3) is 4.15. The van der Waals surface area contributed by atoms with Gasteiger partial charge in [0.15, 0.2) is 5.16 Å². The Morgan fingerprint density at radius 1 is 1.13 bits per heavy atom. The van der Waals surface area contributed by atoms with Crippen molar-refractivity contribution in [2.45, 2.75) is 50.4 Å². The highest BCUT2D eigenvalue weighted by atomic mass is 32.2. The predicted molar refractivity (Wildman–Crippen MR) is 122 cm³/mol. The number of hydrogen-bond donors (Lipinski definition) is 0. The molecule has 156 valence electrons. The highest BCUT2D eigenvalue weighted by molar-refractivity contribution is 7.99. The summed E-state index contributed by atoms with van der Waals surface area (Å²) in [6, 6.07) is 17.4. The van der Waals surface area contributed by atoms with Gasteiger partial charge in [0.25, 0.3) is 5.56 Å². The van der Waals surface area contributed by atoms with Gasteiger partial charge in [-0.25, -0.2) is 4.98 Å². The largest absolute Gasteiger partial charge is 0.339 e. The Kier molecular flexibility index (Phi) is 6.23. The van der Waals surface area contributed by atoms with Gasteiger partial charge >= 0.3 is 0 Å². The second-order valence-electron chi connectivity index (χ2n) is 7.89. The lowest BCUT2D eigenvalue weighted by atomic mass is 10.0. The van der Waals surface area contributed by atoms with Crippen LogP contribution in [0.4, 0.5) is 0 Å². The van der Waals surface area contributed by atoms with Gasteiger partial charge in [0.1, 0.15) is 0 Å². The number of likely N-dealkylation sites (tertiary alicyclic amines) is 1. The molecule has 1 aromatic heterocycles. The summed E-state index contributed by atoms with van der Waals surface area (Å²) in [7, 11) is 0. The van der Waals surface area contributed by atoms with Crippen LogP contribution in [-0.4, -0.2) is 38.7 Å². The van der Waals surface area contributed by atoms with Crippen LogP contribution in [-0.2, 0) is 4.79 Å². The SMILES string of the molecule is CC1CCCCN1C(=O)CSc1nc2ccccc2c(=O)n1C(C)c1ccccc1. The van der Waals surface area contributed by atoms with Crippen molar-refractivity contribution in [1.82, 2.24) is 14.5 Å². The number of hydrogen-bond acceptors (Lipinski definition) is 4. The molecule has 4 rings (SSSR count). The van der Waals surface area contributed by atoms with E-state index in [0.29, 0.717) is 16.1 Å². The molecule has 0 radical (unpaired) electrons. The summed E-state index contributed by atoms with van der Waals surface area (Å²) in [5, 5.41) is 1.19. The molecule has 0 bridgehead atoms. The molecule has 2 unspecified atom stereocenters. The Morgan fingerprint density at radius 2 is 1.87 bits per heavy atom. The van der Waals surface area contributed by atoms with Crippen molar-refractivity contribution in [2.24, 2.45) is 0 Å². The minimum absolute atomic E-state index is 0.0711. The molecule has 1 aliphatic heterocycles. The molecule has 6 heteroatoms. The molecule has 0 aliphatic carbocycles. The summed E-state index contributed by atoms with van der Waals surface area (Å²) in [5.74, 6) is 0.407. The minimum Gasteiger partial charge on any atom is -0.339 e. The van der Waals surface area contributed by atoms with Crippen molar-refractivity contribution >= 4 is 28.6 Å². The quantitative estimate of drug-likeness (QED) is 0.450. The van der Waals surface area contributed by atoms with E-state index >= 15 is 0 Å². The van der Waals surface area contributed by atoms with Gasteiger partial charge in [-0.1, -0.05) is 54.2 Å². The molecular weight excluding hydrogens is 394 g/mol. The summed E-state index contributed by atoms with van der Waals surface area (Å²) in [6.45, 7) is 4.94. The van der Waals surface area contributed by atoms with Gasteiger partial charge in [0.05, 0.1) is 22.7 Å². The fraction of sp³-hybridized carbons (Fsp3) is 0.375. The molecule has 3 aromatic rings. The predicted octanol–water partition coefficient (Wildman–Crippen LogP) is 4.50. The van der Waals surface area contributed by atoms with Crippen molar-refractivity contribution in [2.75, 3.05) is 12.3 Å². The molecule has 30 heavy (non-hydrogen) atoms. The average molecular weight is 422 g/mol. The van der Waals surface area contributed by atoms with Crippen molar-refractivity contribution in [3.05, 3.63) is 70.5 Å². The van der Waals surface area contributed by atoms with E-state index in [-0.39, 0.29) is 29.3 Å². The summed E-state index contributed by atoms with van der Waals surface area (Å²) in [6.07, 6.45) is 3.30. The number of aromatic nitrogens is 2.